The van der Waals surface area contributed by atoms with Crippen LogP contribution in [0.5, 0.6) is 0 Å². The molecule has 1 aromatic carbocycles. The lowest BCUT2D eigenvalue weighted by molar-refractivity contribution is -0.121. The summed E-state index contributed by atoms with van der Waals surface area (Å²) in [6, 6.07) is 6.09. The van der Waals surface area contributed by atoms with Crippen molar-refractivity contribution >= 4 is 27.5 Å². The summed E-state index contributed by atoms with van der Waals surface area (Å²) in [6.45, 7) is 1.43. The van der Waals surface area contributed by atoms with Gasteiger partial charge in [-0.15, -0.1) is 0 Å². The summed E-state index contributed by atoms with van der Waals surface area (Å²) < 4.78 is 26.9. The summed E-state index contributed by atoms with van der Waals surface area (Å²) in [5.41, 5.74) is 0.527. The van der Waals surface area contributed by atoms with Crippen LogP contribution in [0.25, 0.3) is 0 Å². The van der Waals surface area contributed by atoms with E-state index in [-0.39, 0.29) is 35.7 Å². The second kappa shape index (κ2) is 9.68. The molecule has 1 saturated carbocycles. The molecule has 0 aromatic heterocycles. The van der Waals surface area contributed by atoms with Gasteiger partial charge in [0.1, 0.15) is 0 Å². The van der Waals surface area contributed by atoms with Crippen molar-refractivity contribution in [2.24, 2.45) is 0 Å². The van der Waals surface area contributed by atoms with E-state index in [0.29, 0.717) is 5.69 Å². The van der Waals surface area contributed by atoms with E-state index in [2.05, 4.69) is 15.4 Å². The zero-order valence-corrected chi connectivity index (χ0v) is 15.9. The third-order valence-electron chi connectivity index (χ3n) is 4.35. The molecule has 26 heavy (non-hydrogen) atoms. The molecule has 0 aliphatic heterocycles. The highest BCUT2D eigenvalue weighted by Gasteiger charge is 2.17. The van der Waals surface area contributed by atoms with Gasteiger partial charge in [-0.2, -0.15) is 0 Å². The van der Waals surface area contributed by atoms with Crippen molar-refractivity contribution in [3.05, 3.63) is 24.3 Å². The average molecular weight is 381 g/mol. The van der Waals surface area contributed by atoms with E-state index in [1.165, 1.54) is 44.0 Å². The molecule has 1 aromatic rings. The second-order valence-electron chi connectivity index (χ2n) is 6.61. The van der Waals surface area contributed by atoms with Gasteiger partial charge >= 0.3 is 0 Å². The molecular weight excluding hydrogens is 354 g/mol. The number of hydrogen-bond donors (Lipinski definition) is 3. The van der Waals surface area contributed by atoms with Crippen molar-refractivity contribution in [1.29, 1.82) is 0 Å². The second-order valence-corrected chi connectivity index (χ2v) is 8.38. The van der Waals surface area contributed by atoms with Gasteiger partial charge in [-0.1, -0.05) is 25.7 Å². The smallest absolute Gasteiger partial charge is 0.240 e. The number of benzene rings is 1. The minimum Gasteiger partial charge on any atom is -0.353 e. The highest BCUT2D eigenvalue weighted by molar-refractivity contribution is 7.89. The van der Waals surface area contributed by atoms with Crippen molar-refractivity contribution in [3.8, 4) is 0 Å². The Morgan fingerprint density at radius 1 is 1.04 bits per heavy atom. The molecular formula is C18H27N3O4S. The van der Waals surface area contributed by atoms with Crippen LogP contribution in [0.4, 0.5) is 5.69 Å². The first-order valence-electron chi connectivity index (χ1n) is 9.03. The van der Waals surface area contributed by atoms with E-state index in [1.54, 1.807) is 0 Å². The van der Waals surface area contributed by atoms with Crippen LogP contribution in [0.3, 0.4) is 0 Å². The van der Waals surface area contributed by atoms with E-state index in [0.717, 1.165) is 25.7 Å². The van der Waals surface area contributed by atoms with Gasteiger partial charge in [0.15, 0.2) is 0 Å². The molecule has 0 spiro atoms. The molecule has 2 rings (SSSR count). The number of anilines is 1. The first-order chi connectivity index (χ1) is 12.4. The fourth-order valence-electron chi connectivity index (χ4n) is 3.03. The Morgan fingerprint density at radius 2 is 1.65 bits per heavy atom. The number of amides is 2. The maximum atomic E-state index is 12.3. The first kappa shape index (κ1) is 20.4. The summed E-state index contributed by atoms with van der Waals surface area (Å²) in [5.74, 6) is -0.348. The van der Waals surface area contributed by atoms with Crippen molar-refractivity contribution in [2.75, 3.05) is 11.9 Å². The van der Waals surface area contributed by atoms with E-state index in [4.69, 9.17) is 0 Å². The fraction of sp³-hybridized carbons (Fsp3) is 0.556. The molecule has 7 nitrogen and oxygen atoms in total. The number of carbonyl (C=O) groups excluding carboxylic acids is 2. The van der Waals surface area contributed by atoms with Crippen molar-refractivity contribution in [2.45, 2.75) is 62.8 Å². The molecule has 0 heterocycles. The standard InChI is InChI=1S/C18H27N3O4S/c1-14(22)20-16-8-10-17(11-9-16)26(24,25)19-13-12-18(23)21-15-6-4-2-3-5-7-15/h8-11,15,19H,2-7,12-13H2,1H3,(H,20,22)(H,21,23). The van der Waals surface area contributed by atoms with Crippen molar-refractivity contribution < 1.29 is 18.0 Å². The van der Waals surface area contributed by atoms with Gasteiger partial charge in [0.2, 0.25) is 21.8 Å². The van der Waals surface area contributed by atoms with Gasteiger partial charge in [-0.25, -0.2) is 13.1 Å². The normalized spacial score (nSPS) is 15.9. The fourth-order valence-corrected chi connectivity index (χ4v) is 4.06. The minimum atomic E-state index is -3.68. The molecule has 3 N–H and O–H groups in total. The summed E-state index contributed by atoms with van der Waals surface area (Å²) in [6.07, 6.45) is 6.80. The lowest BCUT2D eigenvalue weighted by Gasteiger charge is -2.16. The Labute approximate surface area is 155 Å². The predicted molar refractivity (Wildman–Crippen MR) is 100 cm³/mol. The summed E-state index contributed by atoms with van der Waals surface area (Å²) in [7, 11) is -3.68. The first-order valence-corrected chi connectivity index (χ1v) is 10.5. The molecule has 0 saturated heterocycles. The molecule has 144 valence electrons. The lowest BCUT2D eigenvalue weighted by atomic mass is 10.1. The number of hydrogen-bond acceptors (Lipinski definition) is 4. The number of nitrogens with one attached hydrogen (secondary N) is 3. The Morgan fingerprint density at radius 3 is 2.23 bits per heavy atom. The van der Waals surface area contributed by atoms with E-state index in [1.807, 2.05) is 0 Å². The molecule has 0 unspecified atom stereocenters. The van der Waals surface area contributed by atoms with Gasteiger partial charge in [-0.05, 0) is 37.1 Å². The molecule has 2 amide bonds. The van der Waals surface area contributed by atoms with E-state index < -0.39 is 10.0 Å². The summed E-state index contributed by atoms with van der Waals surface area (Å²) >= 11 is 0. The number of rotatable bonds is 7. The van der Waals surface area contributed by atoms with Crippen LogP contribution in [0, 0.1) is 0 Å². The third kappa shape index (κ3) is 6.76. The molecule has 0 atom stereocenters. The Kier molecular flexibility index (Phi) is 7.59. The zero-order valence-electron chi connectivity index (χ0n) is 15.1. The minimum absolute atomic E-state index is 0.0499. The molecule has 0 bridgehead atoms. The highest BCUT2D eigenvalue weighted by Crippen LogP contribution is 2.17. The SMILES string of the molecule is CC(=O)Nc1ccc(S(=O)(=O)NCCC(=O)NC2CCCCCC2)cc1. The Balaban J connectivity index is 1.79. The highest BCUT2D eigenvalue weighted by atomic mass is 32.2. The van der Waals surface area contributed by atoms with Gasteiger partial charge in [0, 0.05) is 31.6 Å². The monoisotopic (exact) mass is 381 g/mol. The third-order valence-corrected chi connectivity index (χ3v) is 5.83. The van der Waals surface area contributed by atoms with Crippen molar-refractivity contribution in [1.82, 2.24) is 10.0 Å². The van der Waals surface area contributed by atoms with Crippen LogP contribution in [-0.2, 0) is 19.6 Å². The summed E-state index contributed by atoms with van der Waals surface area (Å²) in [5, 5.41) is 5.57. The quantitative estimate of drug-likeness (QED) is 0.630. The largest absolute Gasteiger partial charge is 0.353 e. The van der Waals surface area contributed by atoms with Crippen molar-refractivity contribution in [3.63, 3.8) is 0 Å². The van der Waals surface area contributed by atoms with Crippen LogP contribution in [-0.4, -0.2) is 32.8 Å². The lowest BCUT2D eigenvalue weighted by Crippen LogP contribution is -2.36. The molecule has 1 fully saturated rings. The van der Waals surface area contributed by atoms with E-state index >= 15 is 0 Å². The predicted octanol–water partition coefficient (Wildman–Crippen LogP) is 2.15. The van der Waals surface area contributed by atoms with Crippen LogP contribution >= 0.6 is 0 Å². The zero-order chi connectivity index (χ0) is 19.0. The van der Waals surface area contributed by atoms with Crippen LogP contribution < -0.4 is 15.4 Å². The molecule has 8 heteroatoms. The van der Waals surface area contributed by atoms with Gasteiger partial charge in [0.25, 0.3) is 0 Å². The van der Waals surface area contributed by atoms with Crippen LogP contribution in [0.2, 0.25) is 0 Å². The molecule has 0 radical (unpaired) electrons. The Hall–Kier alpha value is -1.93. The number of carbonyl (C=O) groups is 2. The van der Waals surface area contributed by atoms with E-state index in [9.17, 15) is 18.0 Å². The Bertz CT molecular complexity index is 708. The molecule has 1 aliphatic rings. The van der Waals surface area contributed by atoms with Crippen LogP contribution in [0.1, 0.15) is 51.9 Å². The number of sulfonamides is 1. The molecule has 1 aliphatic carbocycles. The maximum absolute atomic E-state index is 12.3. The van der Waals surface area contributed by atoms with Crippen LogP contribution in [0.15, 0.2) is 29.2 Å². The topological polar surface area (TPSA) is 104 Å². The van der Waals surface area contributed by atoms with Gasteiger partial charge < -0.3 is 10.6 Å². The average Bonchev–Trinajstić information content (AvgIpc) is 2.83. The van der Waals surface area contributed by atoms with Gasteiger partial charge in [0.05, 0.1) is 4.90 Å². The summed E-state index contributed by atoms with van der Waals surface area (Å²) in [4.78, 5) is 23.1. The van der Waals surface area contributed by atoms with Gasteiger partial charge in [-0.3, -0.25) is 9.59 Å². The maximum Gasteiger partial charge on any atom is 0.240 e.